The lowest BCUT2D eigenvalue weighted by molar-refractivity contribution is -0.149. The maximum Gasteiger partial charge on any atom is 0.313 e. The van der Waals surface area contributed by atoms with Gasteiger partial charge >= 0.3 is 5.97 Å². The summed E-state index contributed by atoms with van der Waals surface area (Å²) in [6.45, 7) is 2.42. The number of nitrogens with one attached hydrogen (secondary N) is 1. The van der Waals surface area contributed by atoms with Gasteiger partial charge in [0.25, 0.3) is 0 Å². The average molecular weight is 317 g/mol. The summed E-state index contributed by atoms with van der Waals surface area (Å²) in [5.74, 6) is -1.05. The molecule has 1 unspecified atom stereocenters. The van der Waals surface area contributed by atoms with Crippen LogP contribution in [0.1, 0.15) is 19.4 Å². The number of Topliss-reactive ketones (excluding diaryl/α,β-unsaturated/α-hetero) is 1. The minimum Gasteiger partial charge on any atom is -0.508 e. The van der Waals surface area contributed by atoms with Gasteiger partial charge in [-0.05, 0) is 31.9 Å². The highest BCUT2D eigenvalue weighted by atomic mass is 16.5. The Balaban J connectivity index is 2.00. The molecule has 122 valence electrons. The summed E-state index contributed by atoms with van der Waals surface area (Å²) >= 11 is 0. The normalized spacial score (nSPS) is 17.4. The number of hydrogen-bond donors (Lipinski definition) is 2. The molecule has 0 amide bonds. The van der Waals surface area contributed by atoms with Gasteiger partial charge in [0, 0.05) is 5.71 Å². The number of carbonyl (C=O) groups excluding carboxylic acids is 2. The number of benzene rings is 1. The Morgan fingerprint density at radius 2 is 2.04 bits per heavy atom. The molecule has 0 saturated heterocycles. The standard InChI is InChI=1S/C17H19NO5/c1-10(18)16(11(2)19)14(20)9-23-17(21)13-7-12-5-3-4-6-15(12)22-8-13/h3-6,13,18,20H,7-9H2,1-2H3/b16-14-,18-10?. The van der Waals surface area contributed by atoms with Crippen LogP contribution in [-0.4, -0.2) is 35.8 Å². The number of rotatable bonds is 5. The maximum atomic E-state index is 12.1. The lowest BCUT2D eigenvalue weighted by Crippen LogP contribution is -2.30. The van der Waals surface area contributed by atoms with E-state index in [9.17, 15) is 14.7 Å². The first-order valence-corrected chi connectivity index (χ1v) is 7.26. The molecule has 1 heterocycles. The molecule has 1 aliphatic heterocycles. The molecule has 6 nitrogen and oxygen atoms in total. The minimum atomic E-state index is -0.503. The summed E-state index contributed by atoms with van der Waals surface area (Å²) in [4.78, 5) is 23.5. The van der Waals surface area contributed by atoms with Crippen molar-refractivity contribution < 1.29 is 24.2 Å². The maximum absolute atomic E-state index is 12.1. The van der Waals surface area contributed by atoms with Crippen LogP contribution in [-0.2, 0) is 20.7 Å². The van der Waals surface area contributed by atoms with Gasteiger partial charge < -0.3 is 20.0 Å². The second-order valence-electron chi connectivity index (χ2n) is 5.43. The molecule has 0 radical (unpaired) electrons. The quantitative estimate of drug-likeness (QED) is 0.376. The van der Waals surface area contributed by atoms with Crippen LogP contribution >= 0.6 is 0 Å². The Morgan fingerprint density at radius 1 is 1.35 bits per heavy atom. The highest BCUT2D eigenvalue weighted by Crippen LogP contribution is 2.27. The first kappa shape index (κ1) is 16.7. The summed E-state index contributed by atoms with van der Waals surface area (Å²) in [6.07, 6.45) is 0.503. The van der Waals surface area contributed by atoms with E-state index in [0.717, 1.165) is 11.3 Å². The Hall–Kier alpha value is -2.63. The fourth-order valence-electron chi connectivity index (χ4n) is 2.49. The van der Waals surface area contributed by atoms with Crippen LogP contribution in [0.4, 0.5) is 0 Å². The van der Waals surface area contributed by atoms with E-state index >= 15 is 0 Å². The molecular weight excluding hydrogens is 298 g/mol. The van der Waals surface area contributed by atoms with Crippen LogP contribution in [0, 0.1) is 11.3 Å². The molecule has 2 rings (SSSR count). The lowest BCUT2D eigenvalue weighted by Gasteiger charge is -2.23. The molecule has 0 aliphatic carbocycles. The van der Waals surface area contributed by atoms with Gasteiger partial charge in [-0.15, -0.1) is 0 Å². The van der Waals surface area contributed by atoms with Crippen molar-refractivity contribution in [3.8, 4) is 5.75 Å². The minimum absolute atomic E-state index is 0.0685. The highest BCUT2D eigenvalue weighted by Gasteiger charge is 2.27. The van der Waals surface area contributed by atoms with E-state index in [2.05, 4.69) is 0 Å². The van der Waals surface area contributed by atoms with Crippen LogP contribution in [0.2, 0.25) is 0 Å². The first-order chi connectivity index (χ1) is 10.9. The monoisotopic (exact) mass is 317 g/mol. The number of ketones is 1. The SMILES string of the molecule is CC(=N)/C(C(C)=O)=C(/O)COC(=O)C1COc2ccccc2C1. The second-order valence-corrected chi connectivity index (χ2v) is 5.43. The summed E-state index contributed by atoms with van der Waals surface area (Å²) in [5, 5.41) is 17.3. The summed E-state index contributed by atoms with van der Waals surface area (Å²) in [6, 6.07) is 7.47. The van der Waals surface area contributed by atoms with E-state index in [-0.39, 0.29) is 17.9 Å². The molecule has 23 heavy (non-hydrogen) atoms. The zero-order valence-corrected chi connectivity index (χ0v) is 13.1. The van der Waals surface area contributed by atoms with Crippen molar-refractivity contribution in [2.75, 3.05) is 13.2 Å². The molecule has 1 aromatic carbocycles. The van der Waals surface area contributed by atoms with Crippen molar-refractivity contribution in [3.63, 3.8) is 0 Å². The number of hydrogen-bond acceptors (Lipinski definition) is 6. The zero-order valence-electron chi connectivity index (χ0n) is 13.1. The number of carbonyl (C=O) groups is 2. The first-order valence-electron chi connectivity index (χ1n) is 7.26. The smallest absolute Gasteiger partial charge is 0.313 e. The molecule has 0 fully saturated rings. The van der Waals surface area contributed by atoms with E-state index in [0.29, 0.717) is 6.42 Å². The molecular formula is C17H19NO5. The van der Waals surface area contributed by atoms with Crippen LogP contribution in [0.5, 0.6) is 5.75 Å². The third-order valence-corrected chi connectivity index (χ3v) is 3.58. The Morgan fingerprint density at radius 3 is 2.70 bits per heavy atom. The number of esters is 1. The van der Waals surface area contributed by atoms with Gasteiger partial charge in [-0.25, -0.2) is 0 Å². The van der Waals surface area contributed by atoms with Crippen molar-refractivity contribution in [2.24, 2.45) is 5.92 Å². The largest absolute Gasteiger partial charge is 0.508 e. The predicted octanol–water partition coefficient (Wildman–Crippen LogP) is 2.22. The van der Waals surface area contributed by atoms with Crippen LogP contribution in [0.3, 0.4) is 0 Å². The van der Waals surface area contributed by atoms with E-state index < -0.39 is 30.0 Å². The van der Waals surface area contributed by atoms with Crippen molar-refractivity contribution in [3.05, 3.63) is 41.2 Å². The highest BCUT2D eigenvalue weighted by molar-refractivity contribution is 6.19. The van der Waals surface area contributed by atoms with E-state index in [1.807, 2.05) is 24.3 Å². The second kappa shape index (κ2) is 7.09. The van der Waals surface area contributed by atoms with E-state index in [4.69, 9.17) is 14.9 Å². The van der Waals surface area contributed by atoms with Crippen molar-refractivity contribution >= 4 is 17.5 Å². The fraction of sp³-hybridized carbons (Fsp3) is 0.353. The van der Waals surface area contributed by atoms with Gasteiger partial charge in [-0.1, -0.05) is 18.2 Å². The van der Waals surface area contributed by atoms with Gasteiger partial charge in [0.2, 0.25) is 0 Å². The lowest BCUT2D eigenvalue weighted by atomic mass is 9.97. The van der Waals surface area contributed by atoms with Crippen LogP contribution in [0.15, 0.2) is 35.6 Å². The number of aliphatic hydroxyl groups excluding tert-OH is 1. The fourth-order valence-corrected chi connectivity index (χ4v) is 2.49. The molecule has 0 bridgehead atoms. The Kier molecular flexibility index (Phi) is 5.16. The van der Waals surface area contributed by atoms with Crippen LogP contribution in [0.25, 0.3) is 0 Å². The Labute approximate surface area is 134 Å². The number of allylic oxidation sites excluding steroid dienone is 1. The number of para-hydroxylation sites is 1. The molecule has 6 heteroatoms. The number of ether oxygens (including phenoxy) is 2. The van der Waals surface area contributed by atoms with Gasteiger partial charge in [0.05, 0.1) is 11.5 Å². The van der Waals surface area contributed by atoms with Gasteiger partial charge in [-0.2, -0.15) is 0 Å². The summed E-state index contributed by atoms with van der Waals surface area (Å²) in [7, 11) is 0. The molecule has 1 aliphatic rings. The molecule has 1 aromatic rings. The summed E-state index contributed by atoms with van der Waals surface area (Å²) < 4.78 is 10.6. The third-order valence-electron chi connectivity index (χ3n) is 3.58. The predicted molar refractivity (Wildman–Crippen MR) is 83.8 cm³/mol. The summed E-state index contributed by atoms with van der Waals surface area (Å²) in [5.41, 5.74) is 0.740. The molecule has 0 spiro atoms. The Bertz CT molecular complexity index is 661. The zero-order chi connectivity index (χ0) is 17.0. The van der Waals surface area contributed by atoms with Crippen LogP contribution < -0.4 is 4.74 Å². The average Bonchev–Trinajstić information content (AvgIpc) is 2.51. The van der Waals surface area contributed by atoms with Crippen molar-refractivity contribution in [1.29, 1.82) is 5.41 Å². The van der Waals surface area contributed by atoms with Gasteiger partial charge in [0.1, 0.15) is 24.7 Å². The van der Waals surface area contributed by atoms with Gasteiger partial charge in [-0.3, -0.25) is 9.59 Å². The van der Waals surface area contributed by atoms with E-state index in [1.54, 1.807) is 0 Å². The number of fused-ring (bicyclic) bond motifs is 1. The van der Waals surface area contributed by atoms with E-state index in [1.165, 1.54) is 13.8 Å². The van der Waals surface area contributed by atoms with Crippen molar-refractivity contribution in [1.82, 2.24) is 0 Å². The molecule has 0 aromatic heterocycles. The number of aliphatic hydroxyl groups is 1. The molecule has 2 N–H and O–H groups in total. The van der Waals surface area contributed by atoms with Crippen molar-refractivity contribution in [2.45, 2.75) is 20.3 Å². The molecule has 0 saturated carbocycles. The molecule has 1 atom stereocenters. The van der Waals surface area contributed by atoms with Gasteiger partial charge in [0.15, 0.2) is 5.78 Å². The third kappa shape index (κ3) is 3.97. The topological polar surface area (TPSA) is 96.7 Å².